The summed E-state index contributed by atoms with van der Waals surface area (Å²) in [5.74, 6) is 0.842. The summed E-state index contributed by atoms with van der Waals surface area (Å²) in [6, 6.07) is 15.7. The molecule has 1 N–H and O–H groups in total. The van der Waals surface area contributed by atoms with Gasteiger partial charge in [0, 0.05) is 48.7 Å². The Labute approximate surface area is 197 Å². The number of thiazole rings is 1. The van der Waals surface area contributed by atoms with Gasteiger partial charge in [-0.05, 0) is 36.2 Å². The van der Waals surface area contributed by atoms with E-state index >= 15 is 0 Å². The summed E-state index contributed by atoms with van der Waals surface area (Å²) in [4.78, 5) is 21.5. The quantitative estimate of drug-likeness (QED) is 0.550. The van der Waals surface area contributed by atoms with E-state index in [1.165, 1.54) is 5.56 Å². The Bertz CT molecular complexity index is 1020. The minimum Gasteiger partial charge on any atom is -0.497 e. The van der Waals surface area contributed by atoms with Gasteiger partial charge in [-0.2, -0.15) is 0 Å². The fraction of sp³-hybridized carbons (Fsp3) is 0.333. The molecule has 0 spiro atoms. The number of piperazine rings is 1. The summed E-state index contributed by atoms with van der Waals surface area (Å²) >= 11 is 7.65. The number of methoxy groups -OCH3 is 1. The summed E-state index contributed by atoms with van der Waals surface area (Å²) in [5.41, 5.74) is 3.24. The fourth-order valence-corrected chi connectivity index (χ4v) is 4.63. The van der Waals surface area contributed by atoms with Crippen molar-refractivity contribution >= 4 is 29.0 Å². The number of urea groups is 1. The van der Waals surface area contributed by atoms with Crippen LogP contribution in [-0.4, -0.2) is 60.6 Å². The first-order valence-corrected chi connectivity index (χ1v) is 11.9. The molecular weight excluding hydrogens is 444 g/mol. The number of carbonyl (C=O) groups is 1. The van der Waals surface area contributed by atoms with Gasteiger partial charge in [0.25, 0.3) is 0 Å². The lowest BCUT2D eigenvalue weighted by atomic mass is 10.1. The highest BCUT2D eigenvalue weighted by Gasteiger charge is 2.21. The molecule has 3 aromatic rings. The summed E-state index contributed by atoms with van der Waals surface area (Å²) in [6.45, 7) is 4.58. The molecule has 4 rings (SSSR count). The van der Waals surface area contributed by atoms with E-state index in [0.717, 1.165) is 66.2 Å². The highest BCUT2D eigenvalue weighted by molar-refractivity contribution is 7.09. The standard InChI is InChI=1S/C24H27ClN4O2S/c1-31-21-8-2-18(3-9-21)10-11-26-24(30)29-14-12-28(13-15-29)16-23-27-22(17-32-23)19-4-6-20(25)7-5-19/h2-9,17H,10-16H2,1H3,(H,26,30). The van der Waals surface area contributed by atoms with Crippen molar-refractivity contribution in [1.29, 1.82) is 0 Å². The minimum absolute atomic E-state index is 0.0115. The maximum absolute atomic E-state index is 12.5. The smallest absolute Gasteiger partial charge is 0.317 e. The van der Waals surface area contributed by atoms with Crippen molar-refractivity contribution in [3.05, 3.63) is 69.5 Å². The SMILES string of the molecule is COc1ccc(CCNC(=O)N2CCN(Cc3nc(-c4ccc(Cl)cc4)cs3)CC2)cc1. The van der Waals surface area contributed by atoms with Gasteiger partial charge in [0.15, 0.2) is 0 Å². The van der Waals surface area contributed by atoms with Crippen molar-refractivity contribution in [2.75, 3.05) is 39.8 Å². The molecular formula is C24H27ClN4O2S. The van der Waals surface area contributed by atoms with Gasteiger partial charge >= 0.3 is 6.03 Å². The number of benzene rings is 2. The van der Waals surface area contributed by atoms with Gasteiger partial charge in [-0.3, -0.25) is 4.90 Å². The topological polar surface area (TPSA) is 57.7 Å². The maximum Gasteiger partial charge on any atom is 0.317 e. The second kappa shape index (κ2) is 10.8. The van der Waals surface area contributed by atoms with Crippen LogP contribution in [0.25, 0.3) is 11.3 Å². The number of nitrogens with zero attached hydrogens (tertiary/aromatic N) is 3. The lowest BCUT2D eigenvalue weighted by molar-refractivity contribution is 0.135. The van der Waals surface area contributed by atoms with Crippen molar-refractivity contribution in [3.8, 4) is 17.0 Å². The summed E-state index contributed by atoms with van der Waals surface area (Å²) in [7, 11) is 1.66. The van der Waals surface area contributed by atoms with Gasteiger partial charge in [-0.25, -0.2) is 9.78 Å². The molecule has 0 unspecified atom stereocenters. The third kappa shape index (κ3) is 6.00. The zero-order valence-electron chi connectivity index (χ0n) is 18.1. The minimum atomic E-state index is 0.0115. The normalized spacial score (nSPS) is 14.4. The molecule has 1 aliphatic heterocycles. The van der Waals surface area contributed by atoms with Crippen LogP contribution < -0.4 is 10.1 Å². The van der Waals surface area contributed by atoms with Crippen molar-refractivity contribution in [1.82, 2.24) is 20.1 Å². The number of aromatic nitrogens is 1. The van der Waals surface area contributed by atoms with E-state index in [9.17, 15) is 4.79 Å². The first-order valence-electron chi connectivity index (χ1n) is 10.7. The second-order valence-corrected chi connectivity index (χ2v) is 9.11. The van der Waals surface area contributed by atoms with E-state index in [0.29, 0.717) is 6.54 Å². The van der Waals surface area contributed by atoms with Crippen LogP contribution in [0.2, 0.25) is 5.02 Å². The molecule has 2 heterocycles. The molecule has 2 amide bonds. The van der Waals surface area contributed by atoms with E-state index in [2.05, 4.69) is 15.6 Å². The predicted octanol–water partition coefficient (Wildman–Crippen LogP) is 4.54. The zero-order valence-corrected chi connectivity index (χ0v) is 19.7. The van der Waals surface area contributed by atoms with Crippen LogP contribution in [0.15, 0.2) is 53.9 Å². The van der Waals surface area contributed by atoms with Crippen LogP contribution in [0.3, 0.4) is 0 Å². The molecule has 1 aliphatic rings. The zero-order chi connectivity index (χ0) is 22.3. The van der Waals surface area contributed by atoms with E-state index in [1.54, 1.807) is 18.4 Å². The number of hydrogen-bond donors (Lipinski definition) is 1. The monoisotopic (exact) mass is 470 g/mol. The Morgan fingerprint density at radius 1 is 1.09 bits per heavy atom. The van der Waals surface area contributed by atoms with Gasteiger partial charge in [0.05, 0.1) is 19.3 Å². The Kier molecular flexibility index (Phi) is 7.63. The van der Waals surface area contributed by atoms with E-state index < -0.39 is 0 Å². The lowest BCUT2D eigenvalue weighted by Crippen LogP contribution is -2.51. The van der Waals surface area contributed by atoms with Crippen molar-refractivity contribution in [2.45, 2.75) is 13.0 Å². The van der Waals surface area contributed by atoms with Crippen LogP contribution in [0.5, 0.6) is 5.75 Å². The molecule has 0 bridgehead atoms. The van der Waals surface area contributed by atoms with Crippen LogP contribution in [0.4, 0.5) is 4.79 Å². The van der Waals surface area contributed by atoms with Gasteiger partial charge < -0.3 is 15.0 Å². The highest BCUT2D eigenvalue weighted by Crippen LogP contribution is 2.24. The Balaban J connectivity index is 1.19. The molecule has 32 heavy (non-hydrogen) atoms. The molecule has 0 aliphatic carbocycles. The van der Waals surface area contributed by atoms with Gasteiger partial charge in [0.1, 0.15) is 10.8 Å². The first-order chi connectivity index (χ1) is 15.6. The van der Waals surface area contributed by atoms with Gasteiger partial charge in [-0.1, -0.05) is 35.9 Å². The number of ether oxygens (including phenoxy) is 1. The van der Waals surface area contributed by atoms with Gasteiger partial charge in [-0.15, -0.1) is 11.3 Å². The average molecular weight is 471 g/mol. The van der Waals surface area contributed by atoms with Crippen LogP contribution >= 0.6 is 22.9 Å². The molecule has 2 aromatic carbocycles. The molecule has 0 radical (unpaired) electrons. The maximum atomic E-state index is 12.5. The molecule has 0 saturated carbocycles. The van der Waals surface area contributed by atoms with Gasteiger partial charge in [0.2, 0.25) is 0 Å². The molecule has 1 aromatic heterocycles. The van der Waals surface area contributed by atoms with E-state index in [-0.39, 0.29) is 6.03 Å². The Morgan fingerprint density at radius 2 is 1.81 bits per heavy atom. The summed E-state index contributed by atoms with van der Waals surface area (Å²) in [6.07, 6.45) is 0.801. The molecule has 1 saturated heterocycles. The molecule has 0 atom stereocenters. The average Bonchev–Trinajstić information content (AvgIpc) is 3.29. The highest BCUT2D eigenvalue weighted by atomic mass is 35.5. The summed E-state index contributed by atoms with van der Waals surface area (Å²) < 4.78 is 5.17. The molecule has 168 valence electrons. The summed E-state index contributed by atoms with van der Waals surface area (Å²) in [5, 5.41) is 6.94. The number of halogens is 1. The lowest BCUT2D eigenvalue weighted by Gasteiger charge is -2.34. The molecule has 1 fully saturated rings. The van der Waals surface area contributed by atoms with Crippen LogP contribution in [-0.2, 0) is 13.0 Å². The largest absolute Gasteiger partial charge is 0.497 e. The van der Waals surface area contributed by atoms with Crippen molar-refractivity contribution in [2.24, 2.45) is 0 Å². The molecule has 6 nitrogen and oxygen atoms in total. The van der Waals surface area contributed by atoms with Crippen LogP contribution in [0.1, 0.15) is 10.6 Å². The van der Waals surface area contributed by atoms with Crippen molar-refractivity contribution < 1.29 is 9.53 Å². The number of hydrogen-bond acceptors (Lipinski definition) is 5. The third-order valence-corrected chi connectivity index (χ3v) is 6.64. The van der Waals surface area contributed by atoms with E-state index in [4.69, 9.17) is 21.3 Å². The number of nitrogens with one attached hydrogen (secondary N) is 1. The molecule has 8 heteroatoms. The Morgan fingerprint density at radius 3 is 2.50 bits per heavy atom. The third-order valence-electron chi connectivity index (χ3n) is 5.56. The van der Waals surface area contributed by atoms with Crippen LogP contribution in [0, 0.1) is 0 Å². The number of amides is 2. The Hall–Kier alpha value is -2.61. The number of carbonyl (C=O) groups excluding carboxylic acids is 1. The first kappa shape index (κ1) is 22.6. The fourth-order valence-electron chi connectivity index (χ4n) is 3.65. The van der Waals surface area contributed by atoms with E-state index in [1.807, 2.05) is 53.4 Å². The van der Waals surface area contributed by atoms with Crippen molar-refractivity contribution in [3.63, 3.8) is 0 Å². The predicted molar refractivity (Wildman–Crippen MR) is 130 cm³/mol. The second-order valence-electron chi connectivity index (χ2n) is 7.73. The number of rotatable bonds is 7.